The molecule has 10 heteroatoms. The third-order valence-corrected chi connectivity index (χ3v) is 6.52. The van der Waals surface area contributed by atoms with Crippen molar-refractivity contribution in [1.29, 1.82) is 0 Å². The summed E-state index contributed by atoms with van der Waals surface area (Å²) in [6.07, 6.45) is 2.67. The van der Waals surface area contributed by atoms with E-state index in [1.54, 1.807) is 11.1 Å². The van der Waals surface area contributed by atoms with E-state index in [1.165, 1.54) is 0 Å². The lowest BCUT2D eigenvalue weighted by Crippen LogP contribution is -2.47. The number of nitrogens with zero attached hydrogens (tertiary/aromatic N) is 5. The number of benzene rings is 1. The highest BCUT2D eigenvalue weighted by atomic mass is 16.7. The van der Waals surface area contributed by atoms with Crippen LogP contribution in [-0.4, -0.2) is 81.5 Å². The Morgan fingerprint density at radius 2 is 2.12 bits per heavy atom. The Morgan fingerprint density at radius 3 is 2.94 bits per heavy atom. The topological polar surface area (TPSA) is 102 Å². The standard InChI is InChI=1S/C24H35N5O5/c1-17-11-28(18(2)14-30)24(31)5-4-8-29-20(10-25-26-29)15-32-23(17)13-27(3)12-19-6-7-21-22(9-19)34-16-33-21/h6-7,9-10,17-18,23,30H,4-5,8,11-16H2,1-3H3/t17-,18+,23+/m1/s1. The van der Waals surface area contributed by atoms with Crippen LogP contribution in [0.25, 0.3) is 0 Å². The van der Waals surface area contributed by atoms with E-state index in [2.05, 4.69) is 29.2 Å². The van der Waals surface area contributed by atoms with Crippen LogP contribution in [0, 0.1) is 5.92 Å². The first-order valence-corrected chi connectivity index (χ1v) is 11.9. The number of aryl methyl sites for hydroxylation is 1. The fourth-order valence-electron chi connectivity index (χ4n) is 4.47. The third-order valence-electron chi connectivity index (χ3n) is 6.52. The Balaban J connectivity index is 1.49. The normalized spacial score (nSPS) is 22.3. The van der Waals surface area contributed by atoms with Crippen molar-refractivity contribution in [3.8, 4) is 11.5 Å². The fraction of sp³-hybridized carbons (Fsp3) is 0.625. The van der Waals surface area contributed by atoms with Crippen LogP contribution in [-0.2, 0) is 29.2 Å². The number of hydrogen-bond donors (Lipinski definition) is 1. The number of aliphatic hydroxyl groups excluding tert-OH is 1. The zero-order valence-corrected chi connectivity index (χ0v) is 20.2. The highest BCUT2D eigenvalue weighted by Gasteiger charge is 2.28. The molecule has 3 heterocycles. The molecule has 0 fully saturated rings. The van der Waals surface area contributed by atoms with E-state index in [9.17, 15) is 9.90 Å². The van der Waals surface area contributed by atoms with Gasteiger partial charge in [-0.25, -0.2) is 4.68 Å². The van der Waals surface area contributed by atoms with Gasteiger partial charge in [-0.1, -0.05) is 18.2 Å². The molecule has 34 heavy (non-hydrogen) atoms. The highest BCUT2D eigenvalue weighted by Crippen LogP contribution is 2.32. The molecule has 10 nitrogen and oxygen atoms in total. The van der Waals surface area contributed by atoms with E-state index in [4.69, 9.17) is 14.2 Å². The molecule has 0 radical (unpaired) electrons. The van der Waals surface area contributed by atoms with E-state index < -0.39 is 0 Å². The molecule has 0 saturated heterocycles. The Bertz CT molecular complexity index is 967. The zero-order valence-electron chi connectivity index (χ0n) is 20.2. The summed E-state index contributed by atoms with van der Waals surface area (Å²) in [6.45, 7) is 7.11. The van der Waals surface area contributed by atoms with Gasteiger partial charge in [-0.2, -0.15) is 0 Å². The van der Waals surface area contributed by atoms with Crippen LogP contribution in [0.4, 0.5) is 0 Å². The van der Waals surface area contributed by atoms with Gasteiger partial charge in [0.15, 0.2) is 11.5 Å². The zero-order chi connectivity index (χ0) is 24.1. The number of fused-ring (bicyclic) bond motifs is 2. The molecule has 0 unspecified atom stereocenters. The van der Waals surface area contributed by atoms with Crippen molar-refractivity contribution in [2.75, 3.05) is 33.5 Å². The highest BCUT2D eigenvalue weighted by molar-refractivity contribution is 5.76. The molecule has 0 spiro atoms. The van der Waals surface area contributed by atoms with E-state index in [-0.39, 0.29) is 37.4 Å². The summed E-state index contributed by atoms with van der Waals surface area (Å²) in [5.41, 5.74) is 2.03. The number of likely N-dealkylation sites (N-methyl/N-ethyl adjacent to an activating group) is 1. The quantitative estimate of drug-likeness (QED) is 0.676. The number of hydrogen-bond acceptors (Lipinski definition) is 8. The number of aliphatic hydroxyl groups is 1. The number of carbonyl (C=O) groups excluding carboxylic acids is 1. The maximum atomic E-state index is 13.0. The Kier molecular flexibility index (Phi) is 8.02. The van der Waals surface area contributed by atoms with Crippen LogP contribution < -0.4 is 9.47 Å². The van der Waals surface area contributed by atoms with Crippen molar-refractivity contribution < 1.29 is 24.1 Å². The van der Waals surface area contributed by atoms with Crippen molar-refractivity contribution >= 4 is 5.91 Å². The first-order chi connectivity index (χ1) is 16.4. The monoisotopic (exact) mass is 473 g/mol. The average Bonchev–Trinajstić information content (AvgIpc) is 3.47. The molecular formula is C24H35N5O5. The van der Waals surface area contributed by atoms with Crippen LogP contribution in [0.2, 0.25) is 0 Å². The van der Waals surface area contributed by atoms with Gasteiger partial charge in [0.05, 0.1) is 37.3 Å². The van der Waals surface area contributed by atoms with Crippen molar-refractivity contribution in [2.45, 2.75) is 58.5 Å². The van der Waals surface area contributed by atoms with Crippen molar-refractivity contribution in [1.82, 2.24) is 24.8 Å². The predicted molar refractivity (Wildman–Crippen MR) is 124 cm³/mol. The molecule has 2 aromatic rings. The van der Waals surface area contributed by atoms with Gasteiger partial charge < -0.3 is 24.2 Å². The average molecular weight is 474 g/mol. The Hall–Kier alpha value is -2.69. The summed E-state index contributed by atoms with van der Waals surface area (Å²) in [4.78, 5) is 17.0. The molecular weight excluding hydrogens is 438 g/mol. The molecule has 1 aromatic heterocycles. The van der Waals surface area contributed by atoms with Crippen LogP contribution in [0.15, 0.2) is 24.4 Å². The second kappa shape index (κ2) is 11.2. The minimum Gasteiger partial charge on any atom is -0.454 e. The van der Waals surface area contributed by atoms with Gasteiger partial charge in [0.25, 0.3) is 0 Å². The van der Waals surface area contributed by atoms with Gasteiger partial charge in [-0.15, -0.1) is 5.10 Å². The molecule has 0 aliphatic carbocycles. The van der Waals surface area contributed by atoms with Crippen molar-refractivity contribution in [3.05, 3.63) is 35.7 Å². The number of rotatable bonds is 6. The van der Waals surface area contributed by atoms with Gasteiger partial charge in [0, 0.05) is 38.5 Å². The number of aromatic nitrogens is 3. The lowest BCUT2D eigenvalue weighted by atomic mass is 10.0. The van der Waals surface area contributed by atoms with Crippen molar-refractivity contribution in [3.63, 3.8) is 0 Å². The molecule has 186 valence electrons. The lowest BCUT2D eigenvalue weighted by Gasteiger charge is -2.35. The van der Waals surface area contributed by atoms with Crippen LogP contribution in [0.5, 0.6) is 11.5 Å². The second-order valence-electron chi connectivity index (χ2n) is 9.34. The lowest BCUT2D eigenvalue weighted by molar-refractivity contribution is -0.136. The van der Waals surface area contributed by atoms with Crippen LogP contribution >= 0.6 is 0 Å². The number of carbonyl (C=O) groups is 1. The molecule has 4 rings (SSSR count). The smallest absolute Gasteiger partial charge is 0.231 e. The molecule has 0 saturated carbocycles. The van der Waals surface area contributed by atoms with Gasteiger partial charge in [-0.3, -0.25) is 9.69 Å². The molecule has 1 aromatic carbocycles. The minimum atomic E-state index is -0.244. The largest absolute Gasteiger partial charge is 0.454 e. The van der Waals surface area contributed by atoms with E-state index in [1.807, 2.05) is 29.8 Å². The van der Waals surface area contributed by atoms with Gasteiger partial charge in [-0.05, 0) is 38.1 Å². The van der Waals surface area contributed by atoms with Gasteiger partial charge >= 0.3 is 0 Å². The molecule has 3 atom stereocenters. The summed E-state index contributed by atoms with van der Waals surface area (Å²) < 4.78 is 19.1. The maximum Gasteiger partial charge on any atom is 0.231 e. The summed E-state index contributed by atoms with van der Waals surface area (Å²) in [5, 5.41) is 17.9. The third kappa shape index (κ3) is 5.86. The second-order valence-corrected chi connectivity index (χ2v) is 9.34. The van der Waals surface area contributed by atoms with Gasteiger partial charge in [0.1, 0.15) is 0 Å². The summed E-state index contributed by atoms with van der Waals surface area (Å²) in [6, 6.07) is 5.75. The predicted octanol–water partition coefficient (Wildman–Crippen LogP) is 1.66. The fourth-order valence-corrected chi connectivity index (χ4v) is 4.47. The maximum absolute atomic E-state index is 13.0. The summed E-state index contributed by atoms with van der Waals surface area (Å²) >= 11 is 0. The van der Waals surface area contributed by atoms with E-state index >= 15 is 0 Å². The molecule has 2 aliphatic rings. The molecule has 1 amide bonds. The van der Waals surface area contributed by atoms with Gasteiger partial charge in [0.2, 0.25) is 12.7 Å². The van der Waals surface area contributed by atoms with E-state index in [0.717, 1.165) is 29.3 Å². The SMILES string of the molecule is C[C@@H]1CN([C@@H](C)CO)C(=O)CCCn2nncc2CO[C@H]1CN(C)Cc1ccc2c(c1)OCO2. The van der Waals surface area contributed by atoms with Crippen molar-refractivity contribution in [2.24, 2.45) is 5.92 Å². The summed E-state index contributed by atoms with van der Waals surface area (Å²) in [7, 11) is 2.06. The first-order valence-electron chi connectivity index (χ1n) is 11.9. The summed E-state index contributed by atoms with van der Waals surface area (Å²) in [5.74, 6) is 1.65. The minimum absolute atomic E-state index is 0.0445. The molecule has 0 bridgehead atoms. The number of amides is 1. The Labute approximate surface area is 200 Å². The molecule has 2 aliphatic heterocycles. The Morgan fingerprint density at radius 1 is 1.29 bits per heavy atom. The molecule has 1 N–H and O–H groups in total. The first kappa shape index (κ1) is 24.4. The van der Waals surface area contributed by atoms with E-state index in [0.29, 0.717) is 39.1 Å². The number of ether oxygens (including phenoxy) is 3. The van der Waals surface area contributed by atoms with Crippen LogP contribution in [0.1, 0.15) is 37.9 Å². The van der Waals surface area contributed by atoms with Crippen LogP contribution in [0.3, 0.4) is 0 Å².